The van der Waals surface area contributed by atoms with Crippen LogP contribution >= 0.6 is 11.5 Å². The Balaban J connectivity index is 1.31. The van der Waals surface area contributed by atoms with E-state index in [0.29, 0.717) is 31.7 Å². The van der Waals surface area contributed by atoms with Gasteiger partial charge in [0.25, 0.3) is 5.91 Å². The Morgan fingerprint density at radius 3 is 2.56 bits per heavy atom. The van der Waals surface area contributed by atoms with Crippen molar-refractivity contribution in [2.75, 3.05) is 18.4 Å². The molecule has 0 spiro atoms. The Labute approximate surface area is 160 Å². The fourth-order valence-corrected chi connectivity index (χ4v) is 3.63. The van der Waals surface area contributed by atoms with Gasteiger partial charge in [-0.2, -0.15) is 0 Å². The Morgan fingerprint density at radius 1 is 1.15 bits per heavy atom. The first-order chi connectivity index (χ1) is 13.2. The average molecular weight is 382 g/mol. The van der Waals surface area contributed by atoms with Crippen molar-refractivity contribution < 1.29 is 14.0 Å². The number of nitrogens with zero attached hydrogens (tertiary/aromatic N) is 3. The third-order valence-electron chi connectivity index (χ3n) is 4.69. The molecule has 0 bridgehead atoms. The van der Waals surface area contributed by atoms with Crippen LogP contribution in [0.1, 0.15) is 23.4 Å². The molecule has 27 heavy (non-hydrogen) atoms. The average Bonchev–Trinajstić information content (AvgIpc) is 3.42. The molecule has 1 aliphatic rings. The minimum atomic E-state index is -0.119. The summed E-state index contributed by atoms with van der Waals surface area (Å²) in [5, 5.41) is 8.87. The molecule has 0 saturated carbocycles. The third kappa shape index (κ3) is 3.90. The van der Waals surface area contributed by atoms with E-state index in [4.69, 9.17) is 4.42 Å². The summed E-state index contributed by atoms with van der Waals surface area (Å²) in [6.45, 7) is 1.10. The molecular formula is C19H18N4O3S. The molecule has 138 valence electrons. The van der Waals surface area contributed by atoms with Crippen LogP contribution in [0.25, 0.3) is 11.3 Å². The first-order valence-corrected chi connectivity index (χ1v) is 9.55. The van der Waals surface area contributed by atoms with Gasteiger partial charge in [0.15, 0.2) is 5.76 Å². The van der Waals surface area contributed by atoms with E-state index in [1.54, 1.807) is 17.0 Å². The summed E-state index contributed by atoms with van der Waals surface area (Å²) >= 11 is 1.30. The number of amides is 2. The highest BCUT2D eigenvalue weighted by molar-refractivity contribution is 7.03. The second-order valence-electron chi connectivity index (χ2n) is 6.40. The van der Waals surface area contributed by atoms with Crippen LogP contribution < -0.4 is 5.32 Å². The molecule has 2 aromatic heterocycles. The second-order valence-corrected chi connectivity index (χ2v) is 7.01. The maximum absolute atomic E-state index is 12.5. The maximum Gasteiger partial charge on any atom is 0.289 e. The van der Waals surface area contributed by atoms with E-state index >= 15 is 0 Å². The van der Waals surface area contributed by atoms with Gasteiger partial charge in [-0.25, -0.2) is 0 Å². The number of furan rings is 1. The summed E-state index contributed by atoms with van der Waals surface area (Å²) in [5.41, 5.74) is 2.54. The molecule has 3 heterocycles. The van der Waals surface area contributed by atoms with Gasteiger partial charge in [-0.15, -0.1) is 5.10 Å². The van der Waals surface area contributed by atoms with E-state index in [-0.39, 0.29) is 17.7 Å². The number of benzene rings is 1. The standard InChI is InChI=1S/C19H18N4O3S/c24-18(20-15-5-3-13(4-6-15)16-12-27-22-21-16)14-7-9-23(10-8-14)19(25)17-2-1-11-26-17/h1-6,11-12,14H,7-10H2,(H,20,24). The molecule has 1 N–H and O–H groups in total. The molecule has 0 atom stereocenters. The van der Waals surface area contributed by atoms with Crippen molar-refractivity contribution in [1.82, 2.24) is 14.5 Å². The SMILES string of the molecule is O=C(Nc1ccc(-c2csnn2)cc1)C1CCN(C(=O)c2ccco2)CC1. The molecule has 4 rings (SSSR count). The fraction of sp³-hybridized carbons (Fsp3) is 0.263. The lowest BCUT2D eigenvalue weighted by atomic mass is 9.95. The highest BCUT2D eigenvalue weighted by Gasteiger charge is 2.28. The molecule has 7 nitrogen and oxygen atoms in total. The maximum atomic E-state index is 12.5. The second kappa shape index (κ2) is 7.71. The number of hydrogen-bond donors (Lipinski definition) is 1. The Bertz CT molecular complexity index is 899. The fourth-order valence-electron chi connectivity index (χ4n) is 3.16. The van der Waals surface area contributed by atoms with E-state index < -0.39 is 0 Å². The summed E-state index contributed by atoms with van der Waals surface area (Å²) in [6.07, 6.45) is 2.77. The number of aromatic nitrogens is 2. The number of hydrogen-bond acceptors (Lipinski definition) is 6. The minimum absolute atomic E-state index is 0.0110. The van der Waals surface area contributed by atoms with Gasteiger partial charge in [0.05, 0.1) is 6.26 Å². The summed E-state index contributed by atoms with van der Waals surface area (Å²) < 4.78 is 9.01. The smallest absolute Gasteiger partial charge is 0.289 e. The van der Waals surface area contributed by atoms with Gasteiger partial charge in [0, 0.05) is 35.6 Å². The number of rotatable bonds is 4. The van der Waals surface area contributed by atoms with Crippen LogP contribution in [-0.4, -0.2) is 39.4 Å². The summed E-state index contributed by atoms with van der Waals surface area (Å²) in [5.74, 6) is 0.107. The van der Waals surface area contributed by atoms with Gasteiger partial charge < -0.3 is 14.6 Å². The minimum Gasteiger partial charge on any atom is -0.459 e. The molecule has 2 amide bonds. The first-order valence-electron chi connectivity index (χ1n) is 8.72. The zero-order valence-electron chi connectivity index (χ0n) is 14.5. The van der Waals surface area contributed by atoms with Gasteiger partial charge in [-0.3, -0.25) is 9.59 Å². The van der Waals surface area contributed by atoms with E-state index in [9.17, 15) is 9.59 Å². The Kier molecular flexibility index (Phi) is 4.97. The topological polar surface area (TPSA) is 88.3 Å². The molecule has 0 aliphatic carbocycles. The van der Waals surface area contributed by atoms with Gasteiger partial charge in [0.2, 0.25) is 5.91 Å². The van der Waals surface area contributed by atoms with Crippen molar-refractivity contribution in [3.63, 3.8) is 0 Å². The number of anilines is 1. The van der Waals surface area contributed by atoms with Crippen LogP contribution in [0.4, 0.5) is 5.69 Å². The van der Waals surface area contributed by atoms with Crippen molar-refractivity contribution in [3.05, 3.63) is 53.8 Å². The molecule has 1 fully saturated rings. The highest BCUT2D eigenvalue weighted by Crippen LogP contribution is 2.23. The van der Waals surface area contributed by atoms with Crippen LogP contribution in [-0.2, 0) is 4.79 Å². The Morgan fingerprint density at radius 2 is 1.93 bits per heavy atom. The zero-order valence-corrected chi connectivity index (χ0v) is 15.3. The molecule has 0 radical (unpaired) electrons. The number of piperidine rings is 1. The summed E-state index contributed by atoms with van der Waals surface area (Å²) in [6, 6.07) is 10.9. The molecule has 0 unspecified atom stereocenters. The molecule has 1 aromatic carbocycles. The Hall–Kier alpha value is -3.00. The van der Waals surface area contributed by atoms with Crippen LogP contribution in [0.5, 0.6) is 0 Å². The largest absolute Gasteiger partial charge is 0.459 e. The monoisotopic (exact) mass is 382 g/mol. The normalized spacial score (nSPS) is 14.9. The third-order valence-corrected chi connectivity index (χ3v) is 5.20. The van der Waals surface area contributed by atoms with Crippen molar-refractivity contribution in [2.24, 2.45) is 5.92 Å². The van der Waals surface area contributed by atoms with Crippen LogP contribution in [0, 0.1) is 5.92 Å². The van der Waals surface area contributed by atoms with Crippen LogP contribution in [0.2, 0.25) is 0 Å². The molecular weight excluding hydrogens is 364 g/mol. The molecule has 1 aliphatic heterocycles. The van der Waals surface area contributed by atoms with E-state index in [2.05, 4.69) is 14.9 Å². The van der Waals surface area contributed by atoms with E-state index in [1.165, 1.54) is 17.8 Å². The summed E-state index contributed by atoms with van der Waals surface area (Å²) in [4.78, 5) is 26.5. The molecule has 3 aromatic rings. The van der Waals surface area contributed by atoms with Gasteiger partial charge >= 0.3 is 0 Å². The quantitative estimate of drug-likeness (QED) is 0.748. The number of nitrogens with one attached hydrogen (secondary N) is 1. The van der Waals surface area contributed by atoms with Crippen molar-refractivity contribution in [3.8, 4) is 11.3 Å². The molecule has 1 saturated heterocycles. The lowest BCUT2D eigenvalue weighted by Gasteiger charge is -2.30. The van der Waals surface area contributed by atoms with Crippen molar-refractivity contribution in [1.29, 1.82) is 0 Å². The van der Waals surface area contributed by atoms with Gasteiger partial charge in [-0.05, 0) is 48.6 Å². The molecule has 8 heteroatoms. The first kappa shape index (κ1) is 17.4. The lowest BCUT2D eigenvalue weighted by molar-refractivity contribution is -0.121. The highest BCUT2D eigenvalue weighted by atomic mass is 32.1. The van der Waals surface area contributed by atoms with Crippen LogP contribution in [0.3, 0.4) is 0 Å². The predicted octanol–water partition coefficient (Wildman–Crippen LogP) is 3.29. The lowest BCUT2D eigenvalue weighted by Crippen LogP contribution is -2.41. The summed E-state index contributed by atoms with van der Waals surface area (Å²) in [7, 11) is 0. The number of likely N-dealkylation sites (tertiary alicyclic amines) is 1. The van der Waals surface area contributed by atoms with Gasteiger partial charge in [-0.1, -0.05) is 16.6 Å². The number of carbonyl (C=O) groups excluding carboxylic acids is 2. The van der Waals surface area contributed by atoms with Gasteiger partial charge in [0.1, 0.15) is 5.69 Å². The van der Waals surface area contributed by atoms with Crippen molar-refractivity contribution >= 4 is 29.0 Å². The van der Waals surface area contributed by atoms with Crippen molar-refractivity contribution in [2.45, 2.75) is 12.8 Å². The predicted molar refractivity (Wildman–Crippen MR) is 101 cm³/mol. The van der Waals surface area contributed by atoms with Crippen LogP contribution in [0.15, 0.2) is 52.5 Å². The van der Waals surface area contributed by atoms with E-state index in [0.717, 1.165) is 16.9 Å². The number of carbonyl (C=O) groups is 2. The zero-order chi connectivity index (χ0) is 18.6. The van der Waals surface area contributed by atoms with E-state index in [1.807, 2.05) is 29.6 Å².